The zero-order valence-electron chi connectivity index (χ0n) is 14.8. The van der Waals surface area contributed by atoms with Gasteiger partial charge in [-0.15, -0.1) is 0 Å². The highest BCUT2D eigenvalue weighted by Gasteiger charge is 2.23. The average Bonchev–Trinajstić information content (AvgIpc) is 2.65. The van der Waals surface area contributed by atoms with Crippen LogP contribution in [-0.2, 0) is 19.2 Å². The monoisotopic (exact) mass is 388 g/mol. The summed E-state index contributed by atoms with van der Waals surface area (Å²) in [5.41, 5.74) is 1.03. The molecular weight excluding hydrogens is 368 g/mol. The molecular formula is C20H20O8. The van der Waals surface area contributed by atoms with Crippen LogP contribution in [-0.4, -0.2) is 44.3 Å². The highest BCUT2D eigenvalue weighted by atomic mass is 16.4. The lowest BCUT2D eigenvalue weighted by Gasteiger charge is -2.09. The van der Waals surface area contributed by atoms with Crippen molar-refractivity contribution < 1.29 is 39.6 Å². The number of carboxylic acids is 4. The van der Waals surface area contributed by atoms with Gasteiger partial charge in [0.1, 0.15) is 0 Å². The molecule has 0 bridgehead atoms. The van der Waals surface area contributed by atoms with Crippen LogP contribution in [0.5, 0.6) is 0 Å². The Morgan fingerprint density at radius 2 is 0.857 bits per heavy atom. The molecule has 0 aliphatic heterocycles. The predicted molar refractivity (Wildman–Crippen MR) is 98.1 cm³/mol. The first kappa shape index (κ1) is 22.4. The summed E-state index contributed by atoms with van der Waals surface area (Å²) in [6, 6.07) is 16.7. The zero-order valence-corrected chi connectivity index (χ0v) is 14.8. The highest BCUT2D eigenvalue weighted by Crippen LogP contribution is 2.20. The van der Waals surface area contributed by atoms with E-state index in [1.54, 1.807) is 60.7 Å². The molecule has 8 heteroatoms. The molecule has 0 spiro atoms. The molecule has 0 aliphatic carbocycles. The maximum absolute atomic E-state index is 10.8. The molecule has 2 aromatic carbocycles. The Labute approximate surface area is 160 Å². The minimum absolute atomic E-state index is 0.390. The summed E-state index contributed by atoms with van der Waals surface area (Å²) >= 11 is 0. The van der Waals surface area contributed by atoms with Crippen molar-refractivity contribution in [1.82, 2.24) is 0 Å². The molecule has 0 saturated heterocycles. The van der Waals surface area contributed by atoms with Crippen molar-refractivity contribution in [3.63, 3.8) is 0 Å². The van der Waals surface area contributed by atoms with Gasteiger partial charge in [-0.3, -0.25) is 19.2 Å². The first-order chi connectivity index (χ1) is 13.2. The van der Waals surface area contributed by atoms with Crippen LogP contribution < -0.4 is 0 Å². The molecule has 0 saturated carbocycles. The van der Waals surface area contributed by atoms with E-state index < -0.39 is 35.7 Å². The maximum atomic E-state index is 10.8. The van der Waals surface area contributed by atoms with Gasteiger partial charge in [0.25, 0.3) is 0 Å². The van der Waals surface area contributed by atoms with E-state index in [1.807, 2.05) is 0 Å². The Morgan fingerprint density at radius 1 is 0.571 bits per heavy atom. The van der Waals surface area contributed by atoms with E-state index in [2.05, 4.69) is 0 Å². The number of rotatable bonds is 8. The van der Waals surface area contributed by atoms with Crippen LogP contribution in [0.4, 0.5) is 0 Å². The largest absolute Gasteiger partial charge is 0.481 e. The first-order valence-electron chi connectivity index (χ1n) is 8.21. The number of carbonyl (C=O) groups is 4. The van der Waals surface area contributed by atoms with Gasteiger partial charge in [-0.05, 0) is 11.1 Å². The minimum Gasteiger partial charge on any atom is -0.481 e. The molecule has 2 rings (SSSR count). The topological polar surface area (TPSA) is 149 Å². The lowest BCUT2D eigenvalue weighted by molar-refractivity contribution is -0.145. The van der Waals surface area contributed by atoms with E-state index >= 15 is 0 Å². The van der Waals surface area contributed by atoms with Gasteiger partial charge in [0.15, 0.2) is 0 Å². The summed E-state index contributed by atoms with van der Waals surface area (Å²) in [6.45, 7) is 0. The van der Waals surface area contributed by atoms with Crippen LogP contribution >= 0.6 is 0 Å². The van der Waals surface area contributed by atoms with Crippen LogP contribution in [0.15, 0.2) is 60.7 Å². The van der Waals surface area contributed by atoms with Crippen molar-refractivity contribution in [2.75, 3.05) is 0 Å². The first-order valence-corrected chi connectivity index (χ1v) is 8.21. The van der Waals surface area contributed by atoms with Crippen molar-refractivity contribution in [3.05, 3.63) is 71.8 Å². The van der Waals surface area contributed by atoms with E-state index in [0.717, 1.165) is 0 Å². The van der Waals surface area contributed by atoms with Crippen molar-refractivity contribution >= 4 is 23.9 Å². The summed E-state index contributed by atoms with van der Waals surface area (Å²) in [4.78, 5) is 42.4. The summed E-state index contributed by atoms with van der Waals surface area (Å²) in [5.74, 6) is -6.37. The fourth-order valence-electron chi connectivity index (χ4n) is 2.42. The quantitative estimate of drug-likeness (QED) is 0.539. The van der Waals surface area contributed by atoms with Crippen molar-refractivity contribution in [3.8, 4) is 0 Å². The van der Waals surface area contributed by atoms with Gasteiger partial charge in [-0.1, -0.05) is 60.7 Å². The molecule has 0 amide bonds. The summed E-state index contributed by atoms with van der Waals surface area (Å²) < 4.78 is 0. The number of hydrogen-bond donors (Lipinski definition) is 4. The summed E-state index contributed by atoms with van der Waals surface area (Å²) in [7, 11) is 0. The standard InChI is InChI=1S/2C10H10O4/c2*11-9(12)6-8(10(13)14)7-4-2-1-3-5-7/h2*1-5,8H,6H2,(H,11,12)(H,13,14). The highest BCUT2D eigenvalue weighted by molar-refractivity contribution is 5.83. The normalized spacial score (nSPS) is 12.0. The fourth-order valence-corrected chi connectivity index (χ4v) is 2.42. The second-order valence-electron chi connectivity index (χ2n) is 5.80. The molecule has 0 aromatic heterocycles. The lowest BCUT2D eigenvalue weighted by atomic mass is 9.96. The third-order valence-electron chi connectivity index (χ3n) is 3.76. The fraction of sp³-hybridized carbons (Fsp3) is 0.200. The zero-order chi connectivity index (χ0) is 21.1. The van der Waals surface area contributed by atoms with E-state index in [0.29, 0.717) is 11.1 Å². The third kappa shape index (κ3) is 7.69. The predicted octanol–water partition coefficient (Wildman–Crippen LogP) is 2.66. The minimum atomic E-state index is -1.11. The van der Waals surface area contributed by atoms with Crippen LogP contribution in [0, 0.1) is 0 Å². The van der Waals surface area contributed by atoms with Crippen LogP contribution in [0.1, 0.15) is 35.8 Å². The smallest absolute Gasteiger partial charge is 0.311 e. The second-order valence-corrected chi connectivity index (χ2v) is 5.80. The Kier molecular flexibility index (Phi) is 8.88. The lowest BCUT2D eigenvalue weighted by Crippen LogP contribution is -2.15. The number of aliphatic carboxylic acids is 4. The molecule has 0 heterocycles. The van der Waals surface area contributed by atoms with Gasteiger partial charge in [0, 0.05) is 0 Å². The van der Waals surface area contributed by atoms with Gasteiger partial charge in [-0.2, -0.15) is 0 Å². The number of benzene rings is 2. The van der Waals surface area contributed by atoms with E-state index in [1.165, 1.54) is 0 Å². The average molecular weight is 388 g/mol. The van der Waals surface area contributed by atoms with Crippen LogP contribution in [0.3, 0.4) is 0 Å². The Balaban J connectivity index is 0.000000280. The Morgan fingerprint density at radius 3 is 1.07 bits per heavy atom. The van der Waals surface area contributed by atoms with Crippen molar-refractivity contribution in [2.45, 2.75) is 24.7 Å². The molecule has 0 fully saturated rings. The van der Waals surface area contributed by atoms with Crippen molar-refractivity contribution in [1.29, 1.82) is 0 Å². The van der Waals surface area contributed by atoms with Gasteiger partial charge < -0.3 is 20.4 Å². The molecule has 148 valence electrons. The van der Waals surface area contributed by atoms with E-state index in [4.69, 9.17) is 20.4 Å². The molecule has 2 atom stereocenters. The summed E-state index contributed by atoms with van der Waals surface area (Å²) in [5, 5.41) is 34.7. The summed E-state index contributed by atoms with van der Waals surface area (Å²) in [6.07, 6.45) is -0.779. The molecule has 28 heavy (non-hydrogen) atoms. The molecule has 0 aliphatic rings. The molecule has 2 aromatic rings. The van der Waals surface area contributed by atoms with E-state index in [9.17, 15) is 19.2 Å². The van der Waals surface area contributed by atoms with Gasteiger partial charge in [0.05, 0.1) is 24.7 Å². The van der Waals surface area contributed by atoms with Crippen LogP contribution in [0.25, 0.3) is 0 Å². The number of hydrogen-bond acceptors (Lipinski definition) is 4. The molecule has 8 nitrogen and oxygen atoms in total. The third-order valence-corrected chi connectivity index (χ3v) is 3.76. The van der Waals surface area contributed by atoms with Gasteiger partial charge >= 0.3 is 23.9 Å². The second kappa shape index (κ2) is 11.1. The van der Waals surface area contributed by atoms with Crippen LogP contribution in [0.2, 0.25) is 0 Å². The Hall–Kier alpha value is -3.68. The molecule has 4 N–H and O–H groups in total. The van der Waals surface area contributed by atoms with Gasteiger partial charge in [0.2, 0.25) is 0 Å². The Bertz CT molecular complexity index is 732. The molecule has 0 radical (unpaired) electrons. The SMILES string of the molecule is O=C(O)CC(C(=O)O)c1ccccc1.O=C(O)CC(C(=O)O)c1ccccc1. The van der Waals surface area contributed by atoms with E-state index in [-0.39, 0.29) is 12.8 Å². The molecule has 2 unspecified atom stereocenters. The van der Waals surface area contributed by atoms with Crippen molar-refractivity contribution in [2.24, 2.45) is 0 Å². The maximum Gasteiger partial charge on any atom is 0.311 e. The van der Waals surface area contributed by atoms with Gasteiger partial charge in [-0.25, -0.2) is 0 Å². The number of carboxylic acid groups (broad SMARTS) is 4.